The lowest BCUT2D eigenvalue weighted by molar-refractivity contribution is 0.671. The van der Waals surface area contributed by atoms with Gasteiger partial charge in [-0.15, -0.1) is 0 Å². The normalized spacial score (nSPS) is 17.3. The molecule has 1 N–H and O–H groups in total. The third-order valence-corrected chi connectivity index (χ3v) is 4.21. The monoisotopic (exact) mass is 237 g/mol. The predicted molar refractivity (Wildman–Crippen MR) is 68.9 cm³/mol. The first-order valence-electron chi connectivity index (χ1n) is 5.88. The Morgan fingerprint density at radius 3 is 2.81 bits per heavy atom. The van der Waals surface area contributed by atoms with Crippen LogP contribution in [0.25, 0.3) is 0 Å². The summed E-state index contributed by atoms with van der Waals surface area (Å²) in [7, 11) is -0.732. The number of aryl methyl sites for hydroxylation is 1. The Morgan fingerprint density at radius 2 is 2.12 bits per heavy atom. The molecular weight excluding hydrogens is 218 g/mol. The standard InChI is InChI=1S/C13H19NOS/c1-11-4-2-3-5-12(11)10-16(15)9-8-14-13-6-7-13/h2-5,13-14H,6-10H2,1H3. The Kier molecular flexibility index (Phi) is 4.13. The SMILES string of the molecule is Cc1ccccc1CS(=O)CCNC1CC1. The molecule has 0 saturated heterocycles. The van der Waals surface area contributed by atoms with Crippen molar-refractivity contribution in [1.29, 1.82) is 0 Å². The van der Waals surface area contributed by atoms with Gasteiger partial charge >= 0.3 is 0 Å². The van der Waals surface area contributed by atoms with Crippen molar-refractivity contribution in [2.45, 2.75) is 31.6 Å². The van der Waals surface area contributed by atoms with Crippen molar-refractivity contribution >= 4 is 10.8 Å². The molecule has 88 valence electrons. The number of hydrogen-bond donors (Lipinski definition) is 1. The van der Waals surface area contributed by atoms with E-state index < -0.39 is 10.8 Å². The van der Waals surface area contributed by atoms with Crippen LogP contribution in [0.15, 0.2) is 24.3 Å². The van der Waals surface area contributed by atoms with Crippen molar-refractivity contribution in [2.24, 2.45) is 0 Å². The van der Waals surface area contributed by atoms with E-state index in [2.05, 4.69) is 24.4 Å². The topological polar surface area (TPSA) is 29.1 Å². The van der Waals surface area contributed by atoms with Gasteiger partial charge in [0.1, 0.15) is 0 Å². The van der Waals surface area contributed by atoms with Crippen molar-refractivity contribution < 1.29 is 4.21 Å². The summed E-state index contributed by atoms with van der Waals surface area (Å²) < 4.78 is 11.8. The molecule has 1 unspecified atom stereocenters. The summed E-state index contributed by atoms with van der Waals surface area (Å²) in [5, 5.41) is 3.39. The summed E-state index contributed by atoms with van der Waals surface area (Å²) in [5.74, 6) is 1.46. The molecule has 1 aliphatic rings. The van der Waals surface area contributed by atoms with Gasteiger partial charge < -0.3 is 5.32 Å². The second-order valence-corrected chi connectivity index (χ2v) is 6.02. The molecule has 3 heteroatoms. The second-order valence-electron chi connectivity index (χ2n) is 4.44. The second kappa shape index (κ2) is 5.60. The zero-order valence-electron chi connectivity index (χ0n) is 9.74. The Balaban J connectivity index is 1.75. The fourth-order valence-corrected chi connectivity index (χ4v) is 2.84. The molecule has 1 aliphatic carbocycles. The molecule has 2 rings (SSSR count). The van der Waals surface area contributed by atoms with E-state index in [1.807, 2.05) is 12.1 Å². The van der Waals surface area contributed by atoms with Crippen LogP contribution in [0, 0.1) is 6.92 Å². The van der Waals surface area contributed by atoms with Crippen LogP contribution in [0.5, 0.6) is 0 Å². The predicted octanol–water partition coefficient (Wildman–Crippen LogP) is 2.00. The van der Waals surface area contributed by atoms with E-state index >= 15 is 0 Å². The minimum absolute atomic E-state index is 0.693. The van der Waals surface area contributed by atoms with E-state index in [1.54, 1.807) is 0 Å². The molecular formula is C13H19NOS. The molecule has 0 amide bonds. The molecule has 1 saturated carbocycles. The molecule has 1 atom stereocenters. The summed E-state index contributed by atoms with van der Waals surface area (Å²) in [4.78, 5) is 0. The average Bonchev–Trinajstić information content (AvgIpc) is 3.05. The van der Waals surface area contributed by atoms with Gasteiger partial charge in [0.2, 0.25) is 0 Å². The molecule has 2 nitrogen and oxygen atoms in total. The van der Waals surface area contributed by atoms with Gasteiger partial charge in [0.25, 0.3) is 0 Å². The summed E-state index contributed by atoms with van der Waals surface area (Å²) in [6.07, 6.45) is 2.59. The van der Waals surface area contributed by atoms with Crippen LogP contribution >= 0.6 is 0 Å². The summed E-state index contributed by atoms with van der Waals surface area (Å²) >= 11 is 0. The Labute approximate surface area is 99.9 Å². The lowest BCUT2D eigenvalue weighted by atomic mass is 10.1. The summed E-state index contributed by atoms with van der Waals surface area (Å²) in [6, 6.07) is 8.91. The molecule has 0 spiro atoms. The molecule has 1 aromatic carbocycles. The van der Waals surface area contributed by atoms with Crippen molar-refractivity contribution in [3.8, 4) is 0 Å². The van der Waals surface area contributed by atoms with Crippen LogP contribution in [0.1, 0.15) is 24.0 Å². The minimum Gasteiger partial charge on any atom is -0.313 e. The molecule has 0 aliphatic heterocycles. The Bertz CT molecular complexity index is 374. The van der Waals surface area contributed by atoms with Gasteiger partial charge in [-0.2, -0.15) is 0 Å². The first-order valence-corrected chi connectivity index (χ1v) is 7.37. The number of hydrogen-bond acceptors (Lipinski definition) is 2. The lowest BCUT2D eigenvalue weighted by Gasteiger charge is -2.06. The molecule has 0 aromatic heterocycles. The van der Waals surface area contributed by atoms with E-state index in [4.69, 9.17) is 0 Å². The number of nitrogens with one attached hydrogen (secondary N) is 1. The van der Waals surface area contributed by atoms with Crippen LogP contribution < -0.4 is 5.32 Å². The zero-order valence-corrected chi connectivity index (χ0v) is 10.6. The van der Waals surface area contributed by atoms with Gasteiger partial charge in [-0.1, -0.05) is 24.3 Å². The van der Waals surface area contributed by atoms with Gasteiger partial charge in [-0.3, -0.25) is 4.21 Å². The van der Waals surface area contributed by atoms with Gasteiger partial charge in [-0.05, 0) is 30.9 Å². The van der Waals surface area contributed by atoms with Crippen molar-refractivity contribution in [2.75, 3.05) is 12.3 Å². The highest BCUT2D eigenvalue weighted by Crippen LogP contribution is 2.18. The molecule has 16 heavy (non-hydrogen) atoms. The highest BCUT2D eigenvalue weighted by Gasteiger charge is 2.19. The van der Waals surface area contributed by atoms with Crippen LogP contribution in [-0.4, -0.2) is 22.5 Å². The Hall–Kier alpha value is -0.670. The molecule has 0 radical (unpaired) electrons. The van der Waals surface area contributed by atoms with E-state index in [1.165, 1.54) is 24.0 Å². The summed E-state index contributed by atoms with van der Waals surface area (Å²) in [6.45, 7) is 2.97. The quantitative estimate of drug-likeness (QED) is 0.820. The average molecular weight is 237 g/mol. The molecule has 0 bridgehead atoms. The van der Waals surface area contributed by atoms with Crippen LogP contribution in [0.3, 0.4) is 0 Å². The fourth-order valence-electron chi connectivity index (χ4n) is 1.68. The lowest BCUT2D eigenvalue weighted by Crippen LogP contribution is -2.22. The van der Waals surface area contributed by atoms with E-state index in [-0.39, 0.29) is 0 Å². The third kappa shape index (κ3) is 3.72. The maximum Gasteiger partial charge on any atom is 0.0488 e. The van der Waals surface area contributed by atoms with Crippen molar-refractivity contribution in [3.63, 3.8) is 0 Å². The van der Waals surface area contributed by atoms with Gasteiger partial charge in [0, 0.05) is 34.9 Å². The van der Waals surface area contributed by atoms with E-state index in [0.29, 0.717) is 5.75 Å². The van der Waals surface area contributed by atoms with Crippen molar-refractivity contribution in [1.82, 2.24) is 5.32 Å². The van der Waals surface area contributed by atoms with Gasteiger partial charge in [0.05, 0.1) is 0 Å². The van der Waals surface area contributed by atoms with Crippen LogP contribution in [0.2, 0.25) is 0 Å². The van der Waals surface area contributed by atoms with Crippen LogP contribution in [0.4, 0.5) is 0 Å². The number of rotatable bonds is 6. The summed E-state index contributed by atoms with van der Waals surface area (Å²) in [5.41, 5.74) is 2.46. The highest BCUT2D eigenvalue weighted by molar-refractivity contribution is 7.84. The maximum atomic E-state index is 11.8. The highest BCUT2D eigenvalue weighted by atomic mass is 32.2. The minimum atomic E-state index is -0.732. The molecule has 1 fully saturated rings. The van der Waals surface area contributed by atoms with Crippen molar-refractivity contribution in [3.05, 3.63) is 35.4 Å². The molecule has 0 heterocycles. The first kappa shape index (κ1) is 11.8. The zero-order chi connectivity index (χ0) is 11.4. The molecule has 1 aromatic rings. The largest absolute Gasteiger partial charge is 0.313 e. The van der Waals surface area contributed by atoms with E-state index in [0.717, 1.165) is 18.3 Å². The first-order chi connectivity index (χ1) is 7.75. The maximum absolute atomic E-state index is 11.8. The van der Waals surface area contributed by atoms with E-state index in [9.17, 15) is 4.21 Å². The smallest absolute Gasteiger partial charge is 0.0488 e. The number of benzene rings is 1. The van der Waals surface area contributed by atoms with Crippen LogP contribution in [-0.2, 0) is 16.6 Å². The Morgan fingerprint density at radius 1 is 1.38 bits per heavy atom. The third-order valence-electron chi connectivity index (χ3n) is 2.92. The fraction of sp³-hybridized carbons (Fsp3) is 0.538. The van der Waals surface area contributed by atoms with Gasteiger partial charge in [-0.25, -0.2) is 0 Å². The van der Waals surface area contributed by atoms with Gasteiger partial charge in [0.15, 0.2) is 0 Å².